The van der Waals surface area contributed by atoms with Crippen molar-refractivity contribution in [3.63, 3.8) is 0 Å². The lowest BCUT2D eigenvalue weighted by Gasteiger charge is -2.33. The second-order valence-electron chi connectivity index (χ2n) is 4.89. The molecule has 0 aromatic heterocycles. The number of rotatable bonds is 2. The summed E-state index contributed by atoms with van der Waals surface area (Å²) in [4.78, 5) is -0.567. The largest absolute Gasteiger partial charge is 0.393 e. The zero-order chi connectivity index (χ0) is 15.1. The first-order valence-electron chi connectivity index (χ1n) is 6.06. The highest BCUT2D eigenvalue weighted by molar-refractivity contribution is 9.10. The Kier molecular flexibility index (Phi) is 4.48. The van der Waals surface area contributed by atoms with Gasteiger partial charge in [-0.3, -0.25) is 0 Å². The van der Waals surface area contributed by atoms with E-state index < -0.39 is 32.7 Å². The molecule has 1 aliphatic rings. The van der Waals surface area contributed by atoms with Crippen LogP contribution in [-0.2, 0) is 10.0 Å². The molecule has 0 bridgehead atoms. The van der Waals surface area contributed by atoms with Gasteiger partial charge in [0.15, 0.2) is 0 Å². The van der Waals surface area contributed by atoms with E-state index in [1.807, 2.05) is 0 Å². The third-order valence-corrected chi connectivity index (χ3v) is 6.21. The Labute approximate surface area is 124 Å². The maximum absolute atomic E-state index is 13.8. The minimum absolute atomic E-state index is 0.104. The molecule has 2 atom stereocenters. The van der Waals surface area contributed by atoms with E-state index in [9.17, 15) is 22.3 Å². The normalized spacial score (nSPS) is 24.9. The highest BCUT2D eigenvalue weighted by Crippen LogP contribution is 2.31. The van der Waals surface area contributed by atoms with E-state index in [-0.39, 0.29) is 23.5 Å². The van der Waals surface area contributed by atoms with Crippen LogP contribution in [0, 0.1) is 17.6 Å². The van der Waals surface area contributed by atoms with Crippen molar-refractivity contribution in [2.24, 2.45) is 5.92 Å². The molecule has 1 aromatic rings. The lowest BCUT2D eigenvalue weighted by Crippen LogP contribution is -2.45. The van der Waals surface area contributed by atoms with Gasteiger partial charge in [0, 0.05) is 23.6 Å². The van der Waals surface area contributed by atoms with Crippen LogP contribution in [0.15, 0.2) is 21.5 Å². The van der Waals surface area contributed by atoms with Crippen molar-refractivity contribution in [3.05, 3.63) is 28.2 Å². The van der Waals surface area contributed by atoms with Crippen molar-refractivity contribution in [2.75, 3.05) is 13.1 Å². The summed E-state index contributed by atoms with van der Waals surface area (Å²) >= 11 is 2.89. The first-order chi connectivity index (χ1) is 9.23. The number of nitrogens with zero attached hydrogens (tertiary/aromatic N) is 1. The number of piperidine rings is 1. The first-order valence-corrected chi connectivity index (χ1v) is 8.29. The first kappa shape index (κ1) is 15.8. The highest BCUT2D eigenvalue weighted by Gasteiger charge is 2.35. The van der Waals surface area contributed by atoms with Crippen LogP contribution in [0.4, 0.5) is 8.78 Å². The molecule has 1 saturated heterocycles. The van der Waals surface area contributed by atoms with Crippen LogP contribution in [0.3, 0.4) is 0 Å². The second-order valence-corrected chi connectivity index (χ2v) is 7.62. The fraction of sp³-hybridized carbons (Fsp3) is 0.500. The Bertz CT molecular complexity index is 600. The third kappa shape index (κ3) is 2.88. The SMILES string of the molecule is CC1CN(S(=O)(=O)c2c(F)cc(F)cc2Br)CCC1O. The Balaban J connectivity index is 2.41. The fourth-order valence-corrected chi connectivity index (χ4v) is 4.89. The minimum Gasteiger partial charge on any atom is -0.393 e. The van der Waals surface area contributed by atoms with E-state index in [0.29, 0.717) is 12.5 Å². The van der Waals surface area contributed by atoms with Gasteiger partial charge in [-0.15, -0.1) is 0 Å². The molecule has 1 aromatic carbocycles. The Morgan fingerprint density at radius 3 is 2.60 bits per heavy atom. The average Bonchev–Trinajstić information content (AvgIpc) is 2.30. The molecular formula is C12H14BrF2NO3S. The highest BCUT2D eigenvalue weighted by atomic mass is 79.9. The Morgan fingerprint density at radius 1 is 1.40 bits per heavy atom. The van der Waals surface area contributed by atoms with Crippen LogP contribution in [0.2, 0.25) is 0 Å². The Hall–Kier alpha value is -0.570. The average molecular weight is 370 g/mol. The summed E-state index contributed by atoms with van der Waals surface area (Å²) in [6, 6.07) is 1.46. The molecule has 8 heteroatoms. The lowest BCUT2D eigenvalue weighted by molar-refractivity contribution is 0.0628. The van der Waals surface area contributed by atoms with Crippen molar-refractivity contribution >= 4 is 26.0 Å². The summed E-state index contributed by atoms with van der Waals surface area (Å²) < 4.78 is 52.7. The van der Waals surface area contributed by atoms with Crippen molar-refractivity contribution in [1.29, 1.82) is 0 Å². The molecule has 0 radical (unpaired) electrons. The van der Waals surface area contributed by atoms with Gasteiger partial charge >= 0.3 is 0 Å². The number of aliphatic hydroxyl groups is 1. The number of halogens is 3. The fourth-order valence-electron chi connectivity index (χ4n) is 2.22. The molecule has 0 aliphatic carbocycles. The number of hydrogen-bond acceptors (Lipinski definition) is 3. The van der Waals surface area contributed by atoms with Crippen LogP contribution >= 0.6 is 15.9 Å². The van der Waals surface area contributed by atoms with Gasteiger partial charge in [-0.2, -0.15) is 4.31 Å². The van der Waals surface area contributed by atoms with Crippen LogP contribution in [0.1, 0.15) is 13.3 Å². The van der Waals surface area contributed by atoms with E-state index in [2.05, 4.69) is 15.9 Å². The van der Waals surface area contributed by atoms with Crippen LogP contribution < -0.4 is 0 Å². The van der Waals surface area contributed by atoms with E-state index in [1.54, 1.807) is 6.92 Å². The van der Waals surface area contributed by atoms with Gasteiger partial charge < -0.3 is 5.11 Å². The molecule has 2 rings (SSSR count). The van der Waals surface area contributed by atoms with Crippen molar-refractivity contribution in [3.8, 4) is 0 Å². The van der Waals surface area contributed by atoms with Gasteiger partial charge in [0.1, 0.15) is 16.5 Å². The number of benzene rings is 1. The van der Waals surface area contributed by atoms with E-state index >= 15 is 0 Å². The summed E-state index contributed by atoms with van der Waals surface area (Å²) in [6.07, 6.45) is -0.274. The van der Waals surface area contributed by atoms with Crippen molar-refractivity contribution < 1.29 is 22.3 Å². The molecule has 4 nitrogen and oxygen atoms in total. The molecule has 1 N–H and O–H groups in total. The molecule has 0 spiro atoms. The quantitative estimate of drug-likeness (QED) is 0.868. The summed E-state index contributed by atoms with van der Waals surface area (Å²) in [5.41, 5.74) is 0. The van der Waals surface area contributed by atoms with Crippen LogP contribution in [0.5, 0.6) is 0 Å². The predicted octanol–water partition coefficient (Wildman–Crippen LogP) is 2.12. The van der Waals surface area contributed by atoms with Crippen molar-refractivity contribution in [2.45, 2.75) is 24.3 Å². The predicted molar refractivity (Wildman–Crippen MR) is 72.6 cm³/mol. The number of aliphatic hydroxyl groups excluding tert-OH is 1. The monoisotopic (exact) mass is 369 g/mol. The van der Waals surface area contributed by atoms with Gasteiger partial charge in [0.2, 0.25) is 10.0 Å². The second kappa shape index (κ2) is 5.67. The minimum atomic E-state index is -4.06. The van der Waals surface area contributed by atoms with Crippen molar-refractivity contribution in [1.82, 2.24) is 4.31 Å². The molecule has 1 fully saturated rings. The molecule has 0 amide bonds. The summed E-state index contributed by atoms with van der Waals surface area (Å²) in [5, 5.41) is 9.62. The molecule has 1 heterocycles. The third-order valence-electron chi connectivity index (χ3n) is 3.38. The molecule has 0 saturated carbocycles. The van der Waals surface area contributed by atoms with E-state index in [0.717, 1.165) is 10.4 Å². The standard InChI is InChI=1S/C12H14BrF2NO3S/c1-7-6-16(3-2-11(7)17)20(18,19)12-9(13)4-8(14)5-10(12)15/h4-5,7,11,17H,2-3,6H2,1H3. The zero-order valence-electron chi connectivity index (χ0n) is 10.7. The summed E-state index contributed by atoms with van der Waals surface area (Å²) in [5.74, 6) is -2.22. The van der Waals surface area contributed by atoms with Crippen LogP contribution in [-0.4, -0.2) is 37.0 Å². The van der Waals surface area contributed by atoms with Gasteiger partial charge in [-0.05, 0) is 34.3 Å². The van der Waals surface area contributed by atoms with Gasteiger partial charge in [0.25, 0.3) is 0 Å². The number of sulfonamides is 1. The number of hydrogen-bond donors (Lipinski definition) is 1. The lowest BCUT2D eigenvalue weighted by atomic mass is 9.99. The molecule has 1 aliphatic heterocycles. The van der Waals surface area contributed by atoms with Crippen LogP contribution in [0.25, 0.3) is 0 Å². The Morgan fingerprint density at radius 2 is 2.05 bits per heavy atom. The molecule has 112 valence electrons. The van der Waals surface area contributed by atoms with E-state index in [4.69, 9.17) is 0 Å². The topological polar surface area (TPSA) is 57.6 Å². The molecular weight excluding hydrogens is 356 g/mol. The van der Waals surface area contributed by atoms with Gasteiger partial charge in [-0.1, -0.05) is 6.92 Å². The zero-order valence-corrected chi connectivity index (χ0v) is 13.1. The molecule has 2 unspecified atom stereocenters. The van der Waals surface area contributed by atoms with E-state index in [1.165, 1.54) is 0 Å². The van der Waals surface area contributed by atoms with Gasteiger partial charge in [-0.25, -0.2) is 17.2 Å². The summed E-state index contributed by atoms with van der Waals surface area (Å²) in [6.45, 7) is 1.94. The summed E-state index contributed by atoms with van der Waals surface area (Å²) in [7, 11) is -4.06. The maximum Gasteiger partial charge on any atom is 0.247 e. The maximum atomic E-state index is 13.8. The van der Waals surface area contributed by atoms with Gasteiger partial charge in [0.05, 0.1) is 6.10 Å². The molecule has 20 heavy (non-hydrogen) atoms. The smallest absolute Gasteiger partial charge is 0.247 e.